The molecule has 1 heterocycles. The minimum Gasteiger partial charge on any atom is -0.448 e. The number of likely N-dealkylation sites (tertiary alicyclic amines) is 1. The van der Waals surface area contributed by atoms with Crippen molar-refractivity contribution in [3.63, 3.8) is 0 Å². The Balaban J connectivity index is 1.58. The first-order valence-electron chi connectivity index (χ1n) is 14.6. The topological polar surface area (TPSA) is 68.2 Å². The van der Waals surface area contributed by atoms with E-state index >= 15 is 0 Å². The summed E-state index contributed by atoms with van der Waals surface area (Å²) in [7, 11) is -4.41. The molecule has 8 heteroatoms. The van der Waals surface area contributed by atoms with Gasteiger partial charge in [-0.3, -0.25) is 4.90 Å². The average Bonchev–Trinajstić information content (AvgIpc) is 3.35. The van der Waals surface area contributed by atoms with E-state index in [1.165, 1.54) is 22.3 Å². The van der Waals surface area contributed by atoms with Gasteiger partial charge in [0, 0.05) is 5.92 Å². The minimum absolute atomic E-state index is 0.000416. The fraction of sp³-hybridized carbons (Fsp3) is 0.594. The molecule has 1 saturated heterocycles. The van der Waals surface area contributed by atoms with Gasteiger partial charge in [-0.1, -0.05) is 90.1 Å². The number of benzene rings is 2. The number of amides is 1. The molecular weight excluding hydrogens is 535 g/mol. The maximum Gasteiger partial charge on any atom is 0.410 e. The Morgan fingerprint density at radius 2 is 1.32 bits per heavy atom. The van der Waals surface area contributed by atoms with Crippen LogP contribution < -0.4 is 0 Å². The standard InChI is InChI=1S/C32H49NO5Si2/c1-31(2,3)39(7,8)37-28-19-33(27(20-34)29(28)38-40(9,10)32(4,5)6)30(35)36-21-26-24-17-13-11-15-22(24)23-16-12-14-18-25(23)26/h11-18,26-29,34H,19-21H2,1-10H3/t27-,28-,29+/m0/s1. The number of carbonyl (C=O) groups is 1. The fourth-order valence-corrected chi connectivity index (χ4v) is 7.94. The molecule has 1 fully saturated rings. The van der Waals surface area contributed by atoms with Crippen LogP contribution in [0.15, 0.2) is 48.5 Å². The van der Waals surface area contributed by atoms with Crippen LogP contribution in [0.1, 0.15) is 58.6 Å². The molecule has 1 amide bonds. The third kappa shape index (κ3) is 5.83. The Morgan fingerprint density at radius 3 is 1.80 bits per heavy atom. The fourth-order valence-electron chi connectivity index (χ4n) is 5.28. The van der Waals surface area contributed by atoms with Gasteiger partial charge in [-0.05, 0) is 58.5 Å². The predicted molar refractivity (Wildman–Crippen MR) is 167 cm³/mol. The van der Waals surface area contributed by atoms with Crippen molar-refractivity contribution in [3.8, 4) is 11.1 Å². The third-order valence-corrected chi connectivity index (χ3v) is 18.7. The normalized spacial score (nSPS) is 21.9. The number of hydrogen-bond donors (Lipinski definition) is 1. The van der Waals surface area contributed by atoms with Gasteiger partial charge >= 0.3 is 6.09 Å². The molecule has 3 atom stereocenters. The summed E-state index contributed by atoms with van der Waals surface area (Å²) < 4.78 is 19.8. The molecule has 0 spiro atoms. The quantitative estimate of drug-likeness (QED) is 0.344. The number of nitrogens with zero attached hydrogens (tertiary/aromatic N) is 1. The average molecular weight is 584 g/mol. The number of carbonyl (C=O) groups excluding carboxylic acids is 1. The summed E-state index contributed by atoms with van der Waals surface area (Å²) in [5.41, 5.74) is 4.74. The molecule has 1 N–H and O–H groups in total. The van der Waals surface area contributed by atoms with Gasteiger partial charge in [-0.25, -0.2) is 4.79 Å². The minimum atomic E-state index is -2.23. The molecule has 220 valence electrons. The van der Waals surface area contributed by atoms with Crippen molar-refractivity contribution in [2.45, 2.75) is 102 Å². The molecule has 1 aliphatic carbocycles. The summed E-state index contributed by atoms with van der Waals surface area (Å²) >= 11 is 0. The van der Waals surface area contributed by atoms with E-state index in [1.807, 2.05) is 24.3 Å². The summed E-state index contributed by atoms with van der Waals surface area (Å²) in [5.74, 6) is -0.0231. The number of fused-ring (bicyclic) bond motifs is 3. The van der Waals surface area contributed by atoms with E-state index in [2.05, 4.69) is 92.0 Å². The zero-order valence-corrected chi connectivity index (χ0v) is 28.1. The lowest BCUT2D eigenvalue weighted by Crippen LogP contribution is -2.54. The Bertz CT molecular complexity index is 1170. The lowest BCUT2D eigenvalue weighted by atomic mass is 9.98. The molecule has 2 aromatic rings. The van der Waals surface area contributed by atoms with Gasteiger partial charge in [0.15, 0.2) is 16.6 Å². The second-order valence-electron chi connectivity index (χ2n) is 14.5. The Kier molecular flexibility index (Phi) is 8.53. The van der Waals surface area contributed by atoms with Gasteiger partial charge in [-0.15, -0.1) is 0 Å². The first-order chi connectivity index (χ1) is 18.5. The molecular formula is C32H49NO5Si2. The van der Waals surface area contributed by atoms with E-state index in [9.17, 15) is 9.90 Å². The second kappa shape index (κ2) is 11.0. The maximum absolute atomic E-state index is 13.7. The van der Waals surface area contributed by atoms with Crippen molar-refractivity contribution in [3.05, 3.63) is 59.7 Å². The Hall–Kier alpha value is -1.98. The first-order valence-corrected chi connectivity index (χ1v) is 20.4. The number of aliphatic hydroxyl groups excluding tert-OH is 1. The zero-order valence-electron chi connectivity index (χ0n) is 26.1. The van der Waals surface area contributed by atoms with Gasteiger partial charge in [0.2, 0.25) is 0 Å². The van der Waals surface area contributed by atoms with E-state index in [4.69, 9.17) is 13.6 Å². The third-order valence-electron chi connectivity index (χ3n) is 9.77. The molecule has 40 heavy (non-hydrogen) atoms. The molecule has 0 radical (unpaired) electrons. The van der Waals surface area contributed by atoms with Crippen molar-refractivity contribution < 1.29 is 23.5 Å². The van der Waals surface area contributed by atoms with Crippen molar-refractivity contribution >= 4 is 22.7 Å². The summed E-state index contributed by atoms with van der Waals surface area (Å²) in [4.78, 5) is 15.4. The van der Waals surface area contributed by atoms with Gasteiger partial charge in [-0.2, -0.15) is 0 Å². The van der Waals surface area contributed by atoms with Gasteiger partial charge in [0.25, 0.3) is 0 Å². The Labute approximate surface area is 243 Å². The highest BCUT2D eigenvalue weighted by molar-refractivity contribution is 6.74. The predicted octanol–water partition coefficient (Wildman–Crippen LogP) is 7.39. The van der Waals surface area contributed by atoms with Crippen molar-refractivity contribution in [2.75, 3.05) is 19.8 Å². The van der Waals surface area contributed by atoms with Crippen LogP contribution in [-0.2, 0) is 13.6 Å². The van der Waals surface area contributed by atoms with Gasteiger partial charge < -0.3 is 18.7 Å². The Morgan fingerprint density at radius 1 is 0.850 bits per heavy atom. The van der Waals surface area contributed by atoms with Crippen LogP contribution in [0, 0.1) is 0 Å². The lowest BCUT2D eigenvalue weighted by molar-refractivity contribution is 0.0310. The van der Waals surface area contributed by atoms with E-state index in [-0.39, 0.29) is 35.3 Å². The van der Waals surface area contributed by atoms with Crippen LogP contribution in [-0.4, -0.2) is 70.7 Å². The summed E-state index contributed by atoms with van der Waals surface area (Å²) in [5, 5.41) is 10.6. The van der Waals surface area contributed by atoms with E-state index < -0.39 is 34.9 Å². The van der Waals surface area contributed by atoms with E-state index in [0.29, 0.717) is 6.54 Å². The van der Waals surface area contributed by atoms with Crippen LogP contribution >= 0.6 is 0 Å². The molecule has 1 aliphatic heterocycles. The number of ether oxygens (including phenoxy) is 1. The smallest absolute Gasteiger partial charge is 0.410 e. The van der Waals surface area contributed by atoms with Crippen LogP contribution in [0.5, 0.6) is 0 Å². The molecule has 0 unspecified atom stereocenters. The lowest BCUT2D eigenvalue weighted by Gasteiger charge is -2.43. The largest absolute Gasteiger partial charge is 0.448 e. The number of rotatable bonds is 7. The summed E-state index contributed by atoms with van der Waals surface area (Å²) in [6, 6.07) is 16.1. The van der Waals surface area contributed by atoms with Crippen LogP contribution in [0.25, 0.3) is 11.1 Å². The van der Waals surface area contributed by atoms with Crippen molar-refractivity contribution in [1.29, 1.82) is 0 Å². The van der Waals surface area contributed by atoms with Gasteiger partial charge in [0.05, 0.1) is 31.4 Å². The second-order valence-corrected chi connectivity index (χ2v) is 24.0. The molecule has 0 saturated carbocycles. The highest BCUT2D eigenvalue weighted by atomic mass is 28.4. The summed E-state index contributed by atoms with van der Waals surface area (Å²) in [6.45, 7) is 22.5. The van der Waals surface area contributed by atoms with Gasteiger partial charge in [0.1, 0.15) is 6.61 Å². The highest BCUT2D eigenvalue weighted by Gasteiger charge is 2.53. The molecule has 4 rings (SSSR count). The van der Waals surface area contributed by atoms with Crippen LogP contribution in [0.3, 0.4) is 0 Å². The van der Waals surface area contributed by atoms with E-state index in [1.54, 1.807) is 4.90 Å². The van der Waals surface area contributed by atoms with Crippen LogP contribution in [0.2, 0.25) is 36.3 Å². The molecule has 6 nitrogen and oxygen atoms in total. The number of hydrogen-bond acceptors (Lipinski definition) is 5. The van der Waals surface area contributed by atoms with Crippen LogP contribution in [0.4, 0.5) is 4.79 Å². The van der Waals surface area contributed by atoms with Crippen molar-refractivity contribution in [2.24, 2.45) is 0 Å². The van der Waals surface area contributed by atoms with Crippen molar-refractivity contribution in [1.82, 2.24) is 4.90 Å². The molecule has 0 aromatic heterocycles. The molecule has 2 aromatic carbocycles. The highest BCUT2D eigenvalue weighted by Crippen LogP contribution is 2.45. The zero-order chi connectivity index (χ0) is 29.7. The summed E-state index contributed by atoms with van der Waals surface area (Å²) in [6.07, 6.45) is -1.17. The molecule has 0 bridgehead atoms. The SMILES string of the molecule is CC(C)(C)[Si](C)(C)O[C@H]1[C@@H](O[Si](C)(C)C(C)(C)C)CN(C(=O)OCC2c3ccccc3-c3ccccc32)[C@H]1CO. The monoisotopic (exact) mass is 583 g/mol. The number of aliphatic hydroxyl groups is 1. The molecule has 2 aliphatic rings. The van der Waals surface area contributed by atoms with E-state index in [0.717, 1.165) is 0 Å². The first kappa shape index (κ1) is 31.0. The maximum atomic E-state index is 13.7.